The summed E-state index contributed by atoms with van der Waals surface area (Å²) in [4.78, 5) is 30.3. The van der Waals surface area contributed by atoms with Crippen LogP contribution in [0.2, 0.25) is 0 Å². The predicted molar refractivity (Wildman–Crippen MR) is 84.1 cm³/mol. The second-order valence-electron chi connectivity index (χ2n) is 5.38. The molecule has 112 valence electrons. The van der Waals surface area contributed by atoms with Crippen molar-refractivity contribution in [2.45, 2.75) is 6.54 Å². The van der Waals surface area contributed by atoms with E-state index in [2.05, 4.69) is 4.98 Å². The number of pyridine rings is 1. The molecule has 0 bridgehead atoms. The lowest BCUT2D eigenvalue weighted by atomic mass is 10.1. The monoisotopic (exact) mass is 304 g/mol. The van der Waals surface area contributed by atoms with Gasteiger partial charge in [0.25, 0.3) is 11.8 Å². The number of carbonyl (C=O) groups is 2. The largest absolute Gasteiger partial charge is 0.508 e. The van der Waals surface area contributed by atoms with Crippen LogP contribution in [0.3, 0.4) is 0 Å². The van der Waals surface area contributed by atoms with E-state index in [9.17, 15) is 14.7 Å². The fourth-order valence-electron chi connectivity index (χ4n) is 2.91. The number of aromatic nitrogens is 1. The molecule has 1 aromatic heterocycles. The molecule has 0 saturated heterocycles. The number of fused-ring (bicyclic) bond motifs is 2. The van der Waals surface area contributed by atoms with Crippen LogP contribution in [0.4, 0.5) is 0 Å². The lowest BCUT2D eigenvalue weighted by molar-refractivity contribution is 0.0642. The summed E-state index contributed by atoms with van der Waals surface area (Å²) in [6.07, 6.45) is 1.66. The molecule has 0 aliphatic carbocycles. The number of nitrogens with zero attached hydrogens (tertiary/aromatic N) is 2. The molecule has 1 aliphatic rings. The smallest absolute Gasteiger partial charge is 0.261 e. The molecule has 5 nitrogen and oxygen atoms in total. The van der Waals surface area contributed by atoms with Gasteiger partial charge in [0.1, 0.15) is 5.75 Å². The van der Waals surface area contributed by atoms with Gasteiger partial charge in [0.2, 0.25) is 0 Å². The third-order valence-corrected chi connectivity index (χ3v) is 4.07. The van der Waals surface area contributed by atoms with Crippen molar-refractivity contribution in [1.82, 2.24) is 9.88 Å². The van der Waals surface area contributed by atoms with Crippen molar-refractivity contribution < 1.29 is 14.7 Å². The molecule has 0 atom stereocenters. The Bertz CT molecular complexity index is 930. The van der Waals surface area contributed by atoms with Crippen molar-refractivity contribution >= 4 is 22.7 Å². The zero-order chi connectivity index (χ0) is 16.0. The van der Waals surface area contributed by atoms with Crippen molar-refractivity contribution in [3.05, 3.63) is 71.4 Å². The first-order valence-electron chi connectivity index (χ1n) is 7.17. The molecule has 0 radical (unpaired) electrons. The van der Waals surface area contributed by atoms with Crippen molar-refractivity contribution in [1.29, 1.82) is 0 Å². The number of carbonyl (C=O) groups excluding carboxylic acids is 2. The van der Waals surface area contributed by atoms with Crippen LogP contribution in [-0.2, 0) is 6.54 Å². The number of phenols is 1. The molecule has 1 aliphatic heterocycles. The standard InChI is InChI=1S/C18H12N2O3/c21-16-8-7-15-11(6-3-9-19-15)14(16)10-20-17(22)12-4-1-2-5-13(12)18(20)23/h1-9,21H,10H2. The quantitative estimate of drug-likeness (QED) is 0.739. The second-order valence-corrected chi connectivity index (χ2v) is 5.38. The summed E-state index contributed by atoms with van der Waals surface area (Å²) in [5.74, 6) is -0.640. The average Bonchev–Trinajstić information content (AvgIpc) is 2.82. The second kappa shape index (κ2) is 4.91. The zero-order valence-electron chi connectivity index (χ0n) is 12.1. The van der Waals surface area contributed by atoms with Crippen LogP contribution in [0.25, 0.3) is 10.9 Å². The van der Waals surface area contributed by atoms with Gasteiger partial charge in [-0.2, -0.15) is 0 Å². The van der Waals surface area contributed by atoms with E-state index in [1.807, 2.05) is 6.07 Å². The number of aromatic hydroxyl groups is 1. The highest BCUT2D eigenvalue weighted by Crippen LogP contribution is 2.30. The number of benzene rings is 2. The van der Waals surface area contributed by atoms with E-state index in [-0.39, 0.29) is 24.1 Å². The van der Waals surface area contributed by atoms with E-state index in [1.54, 1.807) is 42.6 Å². The van der Waals surface area contributed by atoms with Gasteiger partial charge in [0.15, 0.2) is 0 Å². The Hall–Kier alpha value is -3.21. The molecule has 3 aromatic rings. The molecule has 2 aromatic carbocycles. The first-order chi connectivity index (χ1) is 11.2. The van der Waals surface area contributed by atoms with E-state index >= 15 is 0 Å². The van der Waals surface area contributed by atoms with Gasteiger partial charge in [-0.25, -0.2) is 0 Å². The first kappa shape index (κ1) is 13.5. The van der Waals surface area contributed by atoms with Gasteiger partial charge in [-0.1, -0.05) is 18.2 Å². The maximum atomic E-state index is 12.5. The minimum absolute atomic E-state index is 0.0151. The number of hydrogen-bond donors (Lipinski definition) is 1. The fourth-order valence-corrected chi connectivity index (χ4v) is 2.91. The van der Waals surface area contributed by atoms with Gasteiger partial charge < -0.3 is 5.11 Å². The minimum atomic E-state index is -0.342. The predicted octanol–water partition coefficient (Wildman–Crippen LogP) is 2.74. The Balaban J connectivity index is 1.80. The normalized spacial score (nSPS) is 13.7. The molecular formula is C18H12N2O3. The average molecular weight is 304 g/mol. The van der Waals surface area contributed by atoms with Crippen LogP contribution in [0.15, 0.2) is 54.7 Å². The van der Waals surface area contributed by atoms with Crippen LogP contribution in [0, 0.1) is 0 Å². The number of hydrogen-bond acceptors (Lipinski definition) is 4. The van der Waals surface area contributed by atoms with Crippen molar-refractivity contribution in [2.75, 3.05) is 0 Å². The minimum Gasteiger partial charge on any atom is -0.508 e. The fraction of sp³-hybridized carbons (Fsp3) is 0.0556. The van der Waals surface area contributed by atoms with Crippen LogP contribution in [0.1, 0.15) is 26.3 Å². The highest BCUT2D eigenvalue weighted by Gasteiger charge is 2.35. The Morgan fingerprint density at radius 3 is 2.30 bits per heavy atom. The van der Waals surface area contributed by atoms with Gasteiger partial charge in [-0.3, -0.25) is 19.5 Å². The third kappa shape index (κ3) is 1.97. The van der Waals surface area contributed by atoms with Gasteiger partial charge in [-0.15, -0.1) is 0 Å². The number of amides is 2. The van der Waals surface area contributed by atoms with Crippen LogP contribution in [-0.4, -0.2) is 26.8 Å². The van der Waals surface area contributed by atoms with Crippen molar-refractivity contribution in [3.63, 3.8) is 0 Å². The Labute approximate surface area is 131 Å². The van der Waals surface area contributed by atoms with E-state index in [4.69, 9.17) is 0 Å². The summed E-state index contributed by atoms with van der Waals surface area (Å²) in [5, 5.41) is 10.9. The molecule has 5 heteroatoms. The maximum absolute atomic E-state index is 12.5. The molecule has 0 fully saturated rings. The van der Waals surface area contributed by atoms with E-state index in [0.717, 1.165) is 10.3 Å². The lowest BCUT2D eigenvalue weighted by Crippen LogP contribution is -2.29. The summed E-state index contributed by atoms with van der Waals surface area (Å²) in [6.45, 7) is 0.0151. The van der Waals surface area contributed by atoms with E-state index in [0.29, 0.717) is 22.2 Å². The molecule has 0 saturated carbocycles. The van der Waals surface area contributed by atoms with Crippen molar-refractivity contribution in [2.24, 2.45) is 0 Å². The lowest BCUT2D eigenvalue weighted by Gasteiger charge is -2.16. The van der Waals surface area contributed by atoms with Crippen molar-refractivity contribution in [3.8, 4) is 5.75 Å². The summed E-state index contributed by atoms with van der Waals surface area (Å²) >= 11 is 0. The molecule has 1 N–H and O–H groups in total. The van der Waals surface area contributed by atoms with Gasteiger partial charge in [0.05, 0.1) is 23.2 Å². The topological polar surface area (TPSA) is 70.5 Å². The van der Waals surface area contributed by atoms with E-state index in [1.165, 1.54) is 6.07 Å². The first-order valence-corrected chi connectivity index (χ1v) is 7.17. The third-order valence-electron chi connectivity index (χ3n) is 4.07. The van der Waals surface area contributed by atoms with Crippen LogP contribution >= 0.6 is 0 Å². The highest BCUT2D eigenvalue weighted by molar-refractivity contribution is 6.21. The van der Waals surface area contributed by atoms with Crippen LogP contribution < -0.4 is 0 Å². The molecule has 4 rings (SSSR count). The summed E-state index contributed by atoms with van der Waals surface area (Å²) in [6, 6.07) is 13.5. The molecule has 0 unspecified atom stereocenters. The number of phenolic OH excluding ortho intramolecular Hbond substituents is 1. The Kier molecular flexibility index (Phi) is 2.87. The Morgan fingerprint density at radius 1 is 0.913 bits per heavy atom. The maximum Gasteiger partial charge on any atom is 0.261 e. The molecule has 2 amide bonds. The summed E-state index contributed by atoms with van der Waals surface area (Å²) < 4.78 is 0. The molecule has 0 spiro atoms. The molecule has 2 heterocycles. The molecular weight excluding hydrogens is 292 g/mol. The Morgan fingerprint density at radius 2 is 1.61 bits per heavy atom. The van der Waals surface area contributed by atoms with E-state index < -0.39 is 0 Å². The highest BCUT2D eigenvalue weighted by atomic mass is 16.3. The number of imide groups is 1. The summed E-state index contributed by atoms with van der Waals surface area (Å²) in [5.41, 5.74) is 2.02. The van der Waals surface area contributed by atoms with Gasteiger partial charge in [0, 0.05) is 17.1 Å². The number of rotatable bonds is 2. The SMILES string of the molecule is O=C1c2ccccc2C(=O)N1Cc1c(O)ccc2ncccc12. The zero-order valence-corrected chi connectivity index (χ0v) is 12.1. The van der Waals surface area contributed by atoms with Gasteiger partial charge in [-0.05, 0) is 30.3 Å². The molecule has 23 heavy (non-hydrogen) atoms. The summed E-state index contributed by atoms with van der Waals surface area (Å²) in [7, 11) is 0. The van der Waals surface area contributed by atoms with Gasteiger partial charge >= 0.3 is 0 Å². The van der Waals surface area contributed by atoms with Crippen LogP contribution in [0.5, 0.6) is 5.75 Å².